The van der Waals surface area contributed by atoms with Crippen LogP contribution in [0.25, 0.3) is 16.2 Å². The molecular formula is C20H22F3N3O4S2. The monoisotopic (exact) mass is 489 g/mol. The highest BCUT2D eigenvalue weighted by Crippen LogP contribution is 2.44. The first-order valence-electron chi connectivity index (χ1n) is 9.78. The van der Waals surface area contributed by atoms with E-state index in [9.17, 15) is 31.8 Å². The van der Waals surface area contributed by atoms with E-state index in [1.165, 1.54) is 17.5 Å². The predicted octanol–water partition coefficient (Wildman–Crippen LogP) is 3.70. The Morgan fingerprint density at radius 2 is 1.88 bits per heavy atom. The van der Waals surface area contributed by atoms with Crippen molar-refractivity contribution in [1.29, 1.82) is 0 Å². The van der Waals surface area contributed by atoms with Gasteiger partial charge in [-0.1, -0.05) is 17.4 Å². The van der Waals surface area contributed by atoms with Crippen molar-refractivity contribution >= 4 is 26.1 Å². The van der Waals surface area contributed by atoms with Gasteiger partial charge in [-0.05, 0) is 52.7 Å². The van der Waals surface area contributed by atoms with Crippen molar-refractivity contribution < 1.29 is 31.8 Å². The van der Waals surface area contributed by atoms with E-state index in [0.717, 1.165) is 23.5 Å². The van der Waals surface area contributed by atoms with Crippen LogP contribution in [0.4, 0.5) is 13.2 Å². The number of alkyl halides is 3. The summed E-state index contributed by atoms with van der Waals surface area (Å²) in [4.78, 5) is 3.97. The number of benzene rings is 1. The molecule has 0 radical (unpaired) electrons. The Bertz CT molecular complexity index is 1310. The molecule has 32 heavy (non-hydrogen) atoms. The molecule has 0 unspecified atom stereocenters. The topological polar surface area (TPSA) is 105 Å². The second kappa shape index (κ2) is 6.99. The third kappa shape index (κ3) is 3.82. The Morgan fingerprint density at radius 3 is 2.41 bits per heavy atom. The van der Waals surface area contributed by atoms with Gasteiger partial charge in [-0.15, -0.1) is 0 Å². The number of sulfone groups is 1. The SMILES string of the molecule is Cc1nc2sc(C(C)(C)O)nn2c1-c1ccc(C(F)(F)F)c(S(=O)(=O)[C@H]2C[C@@](C)(O)C2)c1. The van der Waals surface area contributed by atoms with Gasteiger partial charge >= 0.3 is 6.18 Å². The van der Waals surface area contributed by atoms with Gasteiger partial charge in [0.2, 0.25) is 4.96 Å². The van der Waals surface area contributed by atoms with Crippen LogP contribution in [0, 0.1) is 6.92 Å². The lowest BCUT2D eigenvalue weighted by molar-refractivity contribution is -0.139. The maximum absolute atomic E-state index is 13.7. The summed E-state index contributed by atoms with van der Waals surface area (Å²) < 4.78 is 68.7. The number of aryl methyl sites for hydroxylation is 1. The lowest BCUT2D eigenvalue weighted by Crippen LogP contribution is -2.48. The number of hydrogen-bond donors (Lipinski definition) is 2. The number of aromatic nitrogens is 3. The van der Waals surface area contributed by atoms with Gasteiger partial charge in [0.05, 0.1) is 32.7 Å². The Morgan fingerprint density at radius 1 is 1.25 bits per heavy atom. The van der Waals surface area contributed by atoms with Crippen molar-refractivity contribution in [3.63, 3.8) is 0 Å². The van der Waals surface area contributed by atoms with Crippen molar-refractivity contribution in [2.75, 3.05) is 0 Å². The highest BCUT2D eigenvalue weighted by Gasteiger charge is 2.49. The molecule has 2 heterocycles. The van der Waals surface area contributed by atoms with Gasteiger partial charge in [-0.25, -0.2) is 17.9 Å². The Kier molecular flexibility index (Phi) is 5.06. The Balaban J connectivity index is 1.90. The summed E-state index contributed by atoms with van der Waals surface area (Å²) in [6.07, 6.45) is -5.13. The summed E-state index contributed by atoms with van der Waals surface area (Å²) in [5, 5.41) is 23.8. The molecule has 2 N–H and O–H groups in total. The molecule has 1 aliphatic carbocycles. The van der Waals surface area contributed by atoms with Crippen LogP contribution in [0.2, 0.25) is 0 Å². The molecular weight excluding hydrogens is 467 g/mol. The minimum atomic E-state index is -4.87. The first-order valence-corrected chi connectivity index (χ1v) is 12.1. The van der Waals surface area contributed by atoms with E-state index in [2.05, 4.69) is 10.1 Å². The molecule has 12 heteroatoms. The molecule has 1 fully saturated rings. The number of aliphatic hydroxyl groups is 2. The van der Waals surface area contributed by atoms with Crippen LogP contribution < -0.4 is 0 Å². The van der Waals surface area contributed by atoms with E-state index >= 15 is 0 Å². The Hall–Kier alpha value is -2.02. The summed E-state index contributed by atoms with van der Waals surface area (Å²) >= 11 is 1.13. The van der Waals surface area contributed by atoms with Crippen LogP contribution >= 0.6 is 11.3 Å². The molecule has 1 aliphatic rings. The van der Waals surface area contributed by atoms with Gasteiger partial charge in [0.25, 0.3) is 0 Å². The van der Waals surface area contributed by atoms with Gasteiger partial charge in [0.1, 0.15) is 10.6 Å². The molecule has 174 valence electrons. The first kappa shape index (κ1) is 23.1. The van der Waals surface area contributed by atoms with Crippen molar-refractivity contribution in [2.24, 2.45) is 0 Å². The van der Waals surface area contributed by atoms with Crippen LogP contribution in [-0.4, -0.2) is 44.1 Å². The molecule has 0 atom stereocenters. The average molecular weight is 490 g/mol. The third-order valence-electron chi connectivity index (χ3n) is 5.54. The summed E-state index contributed by atoms with van der Waals surface area (Å²) in [7, 11) is -4.35. The summed E-state index contributed by atoms with van der Waals surface area (Å²) in [6, 6.07) is 2.95. The molecule has 1 aromatic carbocycles. The third-order valence-corrected chi connectivity index (χ3v) is 8.93. The number of hydrogen-bond acceptors (Lipinski definition) is 7. The molecule has 2 aromatic heterocycles. The van der Waals surface area contributed by atoms with E-state index in [1.807, 2.05) is 0 Å². The van der Waals surface area contributed by atoms with E-state index in [0.29, 0.717) is 21.4 Å². The van der Waals surface area contributed by atoms with E-state index < -0.39 is 42.9 Å². The molecule has 3 aromatic rings. The fraction of sp³-hybridized carbons (Fsp3) is 0.500. The maximum Gasteiger partial charge on any atom is 0.417 e. The highest BCUT2D eigenvalue weighted by atomic mass is 32.2. The summed E-state index contributed by atoms with van der Waals surface area (Å²) in [5.41, 5.74) is -2.69. The molecule has 0 bridgehead atoms. The molecule has 7 nitrogen and oxygen atoms in total. The minimum Gasteiger partial charge on any atom is -0.390 e. The smallest absolute Gasteiger partial charge is 0.390 e. The van der Waals surface area contributed by atoms with Crippen molar-refractivity contribution in [2.45, 2.75) is 68.1 Å². The number of nitrogens with zero attached hydrogens (tertiary/aromatic N) is 3. The maximum atomic E-state index is 13.7. The number of imidazole rings is 1. The average Bonchev–Trinajstić information content (AvgIpc) is 3.14. The lowest BCUT2D eigenvalue weighted by atomic mass is 9.82. The van der Waals surface area contributed by atoms with Crippen molar-refractivity contribution in [1.82, 2.24) is 14.6 Å². The highest BCUT2D eigenvalue weighted by molar-refractivity contribution is 7.92. The second-order valence-corrected chi connectivity index (χ2v) is 12.1. The molecule has 0 amide bonds. The van der Waals surface area contributed by atoms with Crippen molar-refractivity contribution in [3.8, 4) is 11.3 Å². The van der Waals surface area contributed by atoms with Crippen LogP contribution in [0.5, 0.6) is 0 Å². The molecule has 0 spiro atoms. The molecule has 0 aliphatic heterocycles. The first-order chi connectivity index (χ1) is 14.5. The van der Waals surface area contributed by atoms with Gasteiger partial charge in [-0.2, -0.15) is 18.3 Å². The molecule has 0 saturated heterocycles. The zero-order valence-corrected chi connectivity index (χ0v) is 19.4. The number of rotatable bonds is 4. The van der Waals surface area contributed by atoms with Crippen LogP contribution in [0.3, 0.4) is 0 Å². The van der Waals surface area contributed by atoms with Gasteiger partial charge < -0.3 is 10.2 Å². The second-order valence-electron chi connectivity index (χ2n) is 8.99. The standard InChI is InChI=1S/C20H22F3N3O4S2/c1-10-15(26-17(24-10)31-16(25-26)18(2,3)27)11-5-6-13(20(21,22)23)14(7-11)32(29,30)12-8-19(4,28)9-12/h5-7,12,27-28H,8-9H2,1-4H3/t12-,19+. The van der Waals surface area contributed by atoms with Crippen molar-refractivity contribution in [3.05, 3.63) is 34.5 Å². The number of fused-ring (bicyclic) bond motifs is 1. The largest absolute Gasteiger partial charge is 0.417 e. The Labute approximate surface area is 186 Å². The van der Waals surface area contributed by atoms with Gasteiger partial charge in [0, 0.05) is 5.56 Å². The quantitative estimate of drug-likeness (QED) is 0.579. The fourth-order valence-electron chi connectivity index (χ4n) is 3.89. The van der Waals surface area contributed by atoms with E-state index in [4.69, 9.17) is 0 Å². The summed E-state index contributed by atoms with van der Waals surface area (Å²) in [6.45, 7) is 6.20. The van der Waals surface area contributed by atoms with E-state index in [-0.39, 0.29) is 18.4 Å². The van der Waals surface area contributed by atoms with Crippen LogP contribution in [0.1, 0.15) is 49.9 Å². The normalized spacial score (nSPS) is 22.3. The minimum absolute atomic E-state index is 0.131. The van der Waals surface area contributed by atoms with Crippen LogP contribution in [0.15, 0.2) is 23.1 Å². The van der Waals surface area contributed by atoms with Crippen LogP contribution in [-0.2, 0) is 21.6 Å². The predicted molar refractivity (Wildman–Crippen MR) is 112 cm³/mol. The van der Waals surface area contributed by atoms with Gasteiger partial charge in [0.15, 0.2) is 9.84 Å². The zero-order chi connectivity index (χ0) is 23.9. The number of halogens is 3. The molecule has 4 rings (SSSR count). The molecule has 1 saturated carbocycles. The zero-order valence-electron chi connectivity index (χ0n) is 17.7. The van der Waals surface area contributed by atoms with E-state index in [1.54, 1.807) is 20.8 Å². The lowest BCUT2D eigenvalue weighted by Gasteiger charge is -2.40. The van der Waals surface area contributed by atoms with Gasteiger partial charge in [-0.3, -0.25) is 0 Å². The fourth-order valence-corrected chi connectivity index (χ4v) is 7.13. The summed E-state index contributed by atoms with van der Waals surface area (Å²) in [5.74, 6) is 0.